The van der Waals surface area contributed by atoms with Gasteiger partial charge in [0.05, 0.1) is 0 Å². The predicted octanol–water partition coefficient (Wildman–Crippen LogP) is 5.37. The van der Waals surface area contributed by atoms with Crippen molar-refractivity contribution in [1.29, 1.82) is 0 Å². The fourth-order valence-corrected chi connectivity index (χ4v) is 3.82. The summed E-state index contributed by atoms with van der Waals surface area (Å²) < 4.78 is 5.05. The molecule has 3 N–H and O–H groups in total. The maximum atomic E-state index is 11.5. The maximum absolute atomic E-state index is 11.5. The molecule has 160 valence electrons. The summed E-state index contributed by atoms with van der Waals surface area (Å²) in [6.07, 6.45) is 5.38. The molecule has 0 radical (unpaired) electrons. The molecule has 5 heteroatoms. The van der Waals surface area contributed by atoms with E-state index in [0.717, 1.165) is 17.1 Å². The summed E-state index contributed by atoms with van der Waals surface area (Å²) in [5.74, 6) is 0.0328. The number of carbonyl (C=O) groups excluding carboxylic acids is 1. The Bertz CT molecular complexity index is 845. The van der Waals surface area contributed by atoms with Crippen LogP contribution in [0.25, 0.3) is 0 Å². The third kappa shape index (κ3) is 6.36. The van der Waals surface area contributed by atoms with Gasteiger partial charge in [0, 0.05) is 29.2 Å². The Morgan fingerprint density at radius 1 is 1.13 bits per heavy atom. The Morgan fingerprint density at radius 2 is 1.87 bits per heavy atom. The topological polar surface area (TPSA) is 70.6 Å². The number of esters is 1. The van der Waals surface area contributed by atoms with Crippen molar-refractivity contribution in [3.05, 3.63) is 66.2 Å². The second-order valence-electron chi connectivity index (χ2n) is 8.04. The molecule has 3 rings (SSSR count). The van der Waals surface area contributed by atoms with Crippen molar-refractivity contribution in [3.63, 3.8) is 0 Å². The van der Waals surface area contributed by atoms with Crippen LogP contribution in [0.5, 0.6) is 0 Å². The van der Waals surface area contributed by atoms with Gasteiger partial charge in [0.25, 0.3) is 0 Å². The molecule has 0 spiro atoms. The highest BCUT2D eigenvalue weighted by atomic mass is 16.5. The summed E-state index contributed by atoms with van der Waals surface area (Å²) in [5, 5.41) is 17.0. The molecule has 2 aromatic carbocycles. The molecule has 1 aliphatic carbocycles. The highest BCUT2D eigenvalue weighted by Crippen LogP contribution is 2.38. The standard InChI is InChI=1S/C25H32N2O3/c1-18(2)25(29)30-17-22(28)16-26-24-14-13-21(27-20-11-7-4-8-12-20)15-23(24)19-9-5-3-6-10-19/h4,7-8,11-15,19,22,26-28H,1,3,5-6,9-10,16-17H2,2H3. The number of aliphatic hydroxyl groups excluding tert-OH is 1. The third-order valence-corrected chi connectivity index (χ3v) is 5.44. The Balaban J connectivity index is 1.69. The van der Waals surface area contributed by atoms with Crippen LogP contribution in [-0.4, -0.2) is 30.3 Å². The van der Waals surface area contributed by atoms with Crippen LogP contribution in [0.2, 0.25) is 0 Å². The Morgan fingerprint density at radius 3 is 2.57 bits per heavy atom. The van der Waals surface area contributed by atoms with Crippen molar-refractivity contribution in [2.75, 3.05) is 23.8 Å². The van der Waals surface area contributed by atoms with E-state index in [1.807, 2.05) is 18.2 Å². The quantitative estimate of drug-likeness (QED) is 0.384. The van der Waals surface area contributed by atoms with E-state index >= 15 is 0 Å². The van der Waals surface area contributed by atoms with Crippen LogP contribution >= 0.6 is 0 Å². The minimum absolute atomic E-state index is 0.0505. The van der Waals surface area contributed by atoms with E-state index in [9.17, 15) is 9.90 Å². The van der Waals surface area contributed by atoms with Crippen molar-refractivity contribution >= 4 is 23.0 Å². The molecule has 1 aliphatic rings. The number of benzene rings is 2. The summed E-state index contributed by atoms with van der Waals surface area (Å²) in [6.45, 7) is 5.41. The summed E-state index contributed by atoms with van der Waals surface area (Å²) in [5.41, 5.74) is 4.76. The van der Waals surface area contributed by atoms with Gasteiger partial charge in [-0.3, -0.25) is 0 Å². The third-order valence-electron chi connectivity index (χ3n) is 5.44. The van der Waals surface area contributed by atoms with Crippen LogP contribution in [0, 0.1) is 0 Å². The molecule has 0 amide bonds. The zero-order chi connectivity index (χ0) is 21.3. The first-order valence-corrected chi connectivity index (χ1v) is 10.7. The van der Waals surface area contributed by atoms with Crippen LogP contribution in [0.4, 0.5) is 17.1 Å². The van der Waals surface area contributed by atoms with E-state index in [4.69, 9.17) is 4.74 Å². The fourth-order valence-electron chi connectivity index (χ4n) is 3.82. The van der Waals surface area contributed by atoms with Gasteiger partial charge in [0.15, 0.2) is 0 Å². The number of carbonyl (C=O) groups is 1. The molecule has 0 aliphatic heterocycles. The van der Waals surface area contributed by atoms with E-state index in [1.54, 1.807) is 6.92 Å². The lowest BCUT2D eigenvalue weighted by molar-refractivity contribution is -0.141. The monoisotopic (exact) mass is 408 g/mol. The minimum atomic E-state index is -0.783. The van der Waals surface area contributed by atoms with Gasteiger partial charge in [0.2, 0.25) is 0 Å². The summed E-state index contributed by atoms with van der Waals surface area (Å²) in [7, 11) is 0. The number of para-hydroxylation sites is 1. The zero-order valence-corrected chi connectivity index (χ0v) is 17.7. The van der Waals surface area contributed by atoms with Gasteiger partial charge >= 0.3 is 5.97 Å². The molecule has 1 atom stereocenters. The molecular formula is C25H32N2O3. The van der Waals surface area contributed by atoms with E-state index < -0.39 is 12.1 Å². The first-order chi connectivity index (χ1) is 14.5. The van der Waals surface area contributed by atoms with Crippen molar-refractivity contribution in [3.8, 4) is 0 Å². The number of aliphatic hydroxyl groups is 1. The predicted molar refractivity (Wildman–Crippen MR) is 122 cm³/mol. The largest absolute Gasteiger partial charge is 0.460 e. The average Bonchev–Trinajstić information content (AvgIpc) is 2.77. The second-order valence-corrected chi connectivity index (χ2v) is 8.04. The van der Waals surface area contributed by atoms with Crippen LogP contribution in [0.3, 0.4) is 0 Å². The first kappa shape index (κ1) is 21.9. The van der Waals surface area contributed by atoms with E-state index in [-0.39, 0.29) is 6.61 Å². The van der Waals surface area contributed by atoms with E-state index in [1.165, 1.54) is 37.7 Å². The van der Waals surface area contributed by atoms with Gasteiger partial charge in [-0.05, 0) is 61.6 Å². The van der Waals surface area contributed by atoms with Crippen molar-refractivity contribution in [2.24, 2.45) is 0 Å². The summed E-state index contributed by atoms with van der Waals surface area (Å²) in [4.78, 5) is 11.5. The van der Waals surface area contributed by atoms with Crippen LogP contribution < -0.4 is 10.6 Å². The molecule has 0 heterocycles. The van der Waals surface area contributed by atoms with Crippen LogP contribution in [0.1, 0.15) is 50.5 Å². The first-order valence-electron chi connectivity index (χ1n) is 10.7. The van der Waals surface area contributed by atoms with Gasteiger partial charge in [-0.25, -0.2) is 4.79 Å². The fraction of sp³-hybridized carbons (Fsp3) is 0.400. The molecule has 0 bridgehead atoms. The van der Waals surface area contributed by atoms with Crippen molar-refractivity contribution in [2.45, 2.75) is 51.0 Å². The number of anilines is 3. The van der Waals surface area contributed by atoms with Gasteiger partial charge in [-0.1, -0.05) is 44.0 Å². The molecule has 2 aromatic rings. The minimum Gasteiger partial charge on any atom is -0.460 e. The van der Waals surface area contributed by atoms with E-state index in [2.05, 4.69) is 47.5 Å². The second kappa shape index (κ2) is 10.8. The van der Waals surface area contributed by atoms with Gasteiger partial charge in [0.1, 0.15) is 12.7 Å². The molecule has 30 heavy (non-hydrogen) atoms. The lowest BCUT2D eigenvalue weighted by Gasteiger charge is -2.26. The Hall–Kier alpha value is -2.79. The summed E-state index contributed by atoms with van der Waals surface area (Å²) in [6, 6.07) is 16.5. The molecule has 5 nitrogen and oxygen atoms in total. The van der Waals surface area contributed by atoms with Crippen molar-refractivity contribution < 1.29 is 14.6 Å². The smallest absolute Gasteiger partial charge is 0.333 e. The highest BCUT2D eigenvalue weighted by molar-refractivity contribution is 5.86. The van der Waals surface area contributed by atoms with E-state index in [0.29, 0.717) is 18.0 Å². The molecule has 1 unspecified atom stereocenters. The van der Waals surface area contributed by atoms with Crippen LogP contribution in [0.15, 0.2) is 60.7 Å². The average molecular weight is 409 g/mol. The molecule has 1 saturated carbocycles. The number of hydrogen-bond donors (Lipinski definition) is 3. The molecule has 0 saturated heterocycles. The lowest BCUT2D eigenvalue weighted by atomic mass is 9.83. The lowest BCUT2D eigenvalue weighted by Crippen LogP contribution is -2.27. The van der Waals surface area contributed by atoms with Gasteiger partial charge in [-0.15, -0.1) is 0 Å². The number of ether oxygens (including phenoxy) is 1. The number of hydrogen-bond acceptors (Lipinski definition) is 5. The van der Waals surface area contributed by atoms with Crippen LogP contribution in [-0.2, 0) is 9.53 Å². The summed E-state index contributed by atoms with van der Waals surface area (Å²) >= 11 is 0. The normalized spacial score (nSPS) is 15.3. The Kier molecular flexibility index (Phi) is 7.91. The molecule has 1 fully saturated rings. The van der Waals surface area contributed by atoms with Gasteiger partial charge < -0.3 is 20.5 Å². The zero-order valence-electron chi connectivity index (χ0n) is 17.7. The SMILES string of the molecule is C=C(C)C(=O)OCC(O)CNc1ccc(Nc2ccccc2)cc1C1CCCCC1. The highest BCUT2D eigenvalue weighted by Gasteiger charge is 2.20. The molecular weight excluding hydrogens is 376 g/mol. The number of rotatable bonds is 9. The Labute approximate surface area is 179 Å². The number of nitrogens with one attached hydrogen (secondary N) is 2. The van der Waals surface area contributed by atoms with Gasteiger partial charge in [-0.2, -0.15) is 0 Å². The van der Waals surface area contributed by atoms with Crippen molar-refractivity contribution in [1.82, 2.24) is 0 Å². The molecule has 0 aromatic heterocycles. The maximum Gasteiger partial charge on any atom is 0.333 e.